The van der Waals surface area contributed by atoms with Crippen LogP contribution in [-0.4, -0.2) is 44.0 Å². The summed E-state index contributed by atoms with van der Waals surface area (Å²) < 4.78 is 0. The van der Waals surface area contributed by atoms with Crippen LogP contribution in [0, 0.1) is 5.41 Å². The van der Waals surface area contributed by atoms with Crippen LogP contribution in [0.5, 0.6) is 0 Å². The molecule has 0 spiro atoms. The lowest BCUT2D eigenvalue weighted by Gasteiger charge is -2.34. The number of carbonyl (C=O) groups excluding carboxylic acids is 2. The smallest absolute Gasteiger partial charge is 0.240 e. The molecule has 18 heavy (non-hydrogen) atoms. The second-order valence-electron chi connectivity index (χ2n) is 6.05. The Labute approximate surface area is 111 Å². The van der Waals surface area contributed by atoms with Crippen LogP contribution in [0.1, 0.15) is 27.2 Å². The summed E-state index contributed by atoms with van der Waals surface area (Å²) in [6, 6.07) is 0. The summed E-state index contributed by atoms with van der Waals surface area (Å²) in [7, 11) is -0.621. The van der Waals surface area contributed by atoms with E-state index < -0.39 is 13.5 Å². The molecule has 0 aromatic heterocycles. The van der Waals surface area contributed by atoms with Gasteiger partial charge in [0.2, 0.25) is 12.1 Å². The Kier molecular flexibility index (Phi) is 6.79. The van der Waals surface area contributed by atoms with E-state index in [9.17, 15) is 9.59 Å². The van der Waals surface area contributed by atoms with Crippen LogP contribution in [0.25, 0.3) is 0 Å². The van der Waals surface area contributed by atoms with E-state index in [0.717, 1.165) is 0 Å². The molecule has 6 heteroatoms. The van der Waals surface area contributed by atoms with Gasteiger partial charge < -0.3 is 16.4 Å². The van der Waals surface area contributed by atoms with Crippen LogP contribution < -0.4 is 16.4 Å². The van der Waals surface area contributed by atoms with E-state index in [0.29, 0.717) is 25.9 Å². The molecule has 0 heterocycles. The molecular formula is C12H26N3O2P. The Bertz CT molecular complexity index is 291. The van der Waals surface area contributed by atoms with Gasteiger partial charge in [0.05, 0.1) is 0 Å². The van der Waals surface area contributed by atoms with Crippen LogP contribution in [0.15, 0.2) is 0 Å². The number of hydrogen-bond acceptors (Lipinski definition) is 3. The SMILES string of the molecule is CP(C)C(=O)NCC(C)(N)CC(C)(C)CNC=O. The lowest BCUT2D eigenvalue weighted by atomic mass is 9.79. The number of rotatable bonds is 8. The second-order valence-corrected chi connectivity index (χ2v) is 8.24. The maximum absolute atomic E-state index is 11.5. The fraction of sp³-hybridized carbons (Fsp3) is 0.833. The Hall–Kier alpha value is -0.670. The zero-order chi connectivity index (χ0) is 14.4. The molecule has 1 unspecified atom stereocenters. The summed E-state index contributed by atoms with van der Waals surface area (Å²) in [4.78, 5) is 21.8. The molecule has 0 radical (unpaired) electrons. The maximum atomic E-state index is 11.5. The quantitative estimate of drug-likeness (QED) is 0.461. The minimum atomic E-state index is -0.621. The zero-order valence-electron chi connectivity index (χ0n) is 12.0. The minimum Gasteiger partial charge on any atom is -0.358 e. The van der Waals surface area contributed by atoms with E-state index in [-0.39, 0.29) is 11.1 Å². The van der Waals surface area contributed by atoms with Gasteiger partial charge in [-0.2, -0.15) is 0 Å². The van der Waals surface area contributed by atoms with Crippen LogP contribution in [0.2, 0.25) is 0 Å². The van der Waals surface area contributed by atoms with Gasteiger partial charge in [-0.25, -0.2) is 0 Å². The molecule has 0 saturated heterocycles. The molecule has 4 N–H and O–H groups in total. The first-order valence-corrected chi connectivity index (χ1v) is 8.24. The van der Waals surface area contributed by atoms with Gasteiger partial charge in [-0.1, -0.05) is 13.8 Å². The molecule has 5 nitrogen and oxygen atoms in total. The monoisotopic (exact) mass is 275 g/mol. The molecule has 0 fully saturated rings. The van der Waals surface area contributed by atoms with Crippen LogP contribution in [-0.2, 0) is 4.79 Å². The van der Waals surface area contributed by atoms with E-state index in [1.165, 1.54) is 0 Å². The van der Waals surface area contributed by atoms with E-state index >= 15 is 0 Å². The summed E-state index contributed by atoms with van der Waals surface area (Å²) >= 11 is 0. The highest BCUT2D eigenvalue weighted by molar-refractivity contribution is 7.73. The Balaban J connectivity index is 4.28. The number of carbonyl (C=O) groups is 2. The average Bonchev–Trinajstić information content (AvgIpc) is 2.21. The third-order valence-electron chi connectivity index (χ3n) is 2.60. The third kappa shape index (κ3) is 7.62. The molecule has 0 aliphatic carbocycles. The van der Waals surface area contributed by atoms with E-state index in [1.807, 2.05) is 34.1 Å². The van der Waals surface area contributed by atoms with Crippen molar-refractivity contribution in [1.29, 1.82) is 0 Å². The fourth-order valence-corrected chi connectivity index (χ4v) is 2.37. The molecule has 0 aliphatic heterocycles. The molecule has 2 amide bonds. The Morgan fingerprint density at radius 1 is 1.28 bits per heavy atom. The molecule has 0 aliphatic rings. The van der Waals surface area contributed by atoms with Gasteiger partial charge in [0, 0.05) is 18.6 Å². The third-order valence-corrected chi connectivity index (χ3v) is 3.57. The van der Waals surface area contributed by atoms with Crippen molar-refractivity contribution in [3.63, 3.8) is 0 Å². The van der Waals surface area contributed by atoms with Crippen molar-refractivity contribution in [1.82, 2.24) is 10.6 Å². The van der Waals surface area contributed by atoms with Crippen molar-refractivity contribution in [2.45, 2.75) is 32.7 Å². The maximum Gasteiger partial charge on any atom is 0.240 e. The van der Waals surface area contributed by atoms with Gasteiger partial charge in [0.15, 0.2) is 0 Å². The van der Waals surface area contributed by atoms with Crippen molar-refractivity contribution in [2.75, 3.05) is 26.4 Å². The summed E-state index contributed by atoms with van der Waals surface area (Å²) in [6.45, 7) is 10.9. The van der Waals surface area contributed by atoms with E-state index in [4.69, 9.17) is 5.73 Å². The summed E-state index contributed by atoms with van der Waals surface area (Å²) in [5.41, 5.74) is 5.70. The van der Waals surface area contributed by atoms with Gasteiger partial charge >= 0.3 is 0 Å². The van der Waals surface area contributed by atoms with Gasteiger partial charge in [0.1, 0.15) is 0 Å². The summed E-state index contributed by atoms with van der Waals surface area (Å²) in [6.07, 6.45) is 1.41. The molecule has 0 bridgehead atoms. The zero-order valence-corrected chi connectivity index (χ0v) is 12.9. The number of amides is 2. The van der Waals surface area contributed by atoms with Crippen LogP contribution in [0.3, 0.4) is 0 Å². The minimum absolute atomic E-state index is 0.0745. The van der Waals surface area contributed by atoms with Crippen LogP contribution >= 0.6 is 7.92 Å². The fourth-order valence-electron chi connectivity index (χ4n) is 1.97. The molecule has 1 atom stereocenters. The lowest BCUT2D eigenvalue weighted by molar-refractivity contribution is -0.110. The Morgan fingerprint density at radius 2 is 1.83 bits per heavy atom. The molecule has 0 rings (SSSR count). The predicted octanol–water partition coefficient (Wildman–Crippen LogP) is 1.32. The van der Waals surface area contributed by atoms with Gasteiger partial charge in [-0.05, 0) is 40.0 Å². The van der Waals surface area contributed by atoms with Crippen molar-refractivity contribution in [2.24, 2.45) is 11.1 Å². The number of hydrogen-bond donors (Lipinski definition) is 3. The number of nitrogens with two attached hydrogens (primary N) is 1. The van der Waals surface area contributed by atoms with Crippen molar-refractivity contribution in [3.05, 3.63) is 0 Å². The first-order valence-electron chi connectivity index (χ1n) is 6.01. The summed E-state index contributed by atoms with van der Waals surface area (Å²) in [5, 5.41) is 5.55. The molecule has 106 valence electrons. The van der Waals surface area contributed by atoms with Crippen molar-refractivity contribution in [3.8, 4) is 0 Å². The standard InChI is InChI=1S/C12H26N3O2P/c1-11(2,7-14-9-16)6-12(3,13)8-15-10(17)18(4)5/h9H,6-8,13H2,1-5H3,(H,14,16)(H,15,17). The Morgan fingerprint density at radius 3 is 2.28 bits per heavy atom. The highest BCUT2D eigenvalue weighted by Crippen LogP contribution is 2.27. The normalized spacial score (nSPS) is 15.1. The average molecular weight is 275 g/mol. The lowest BCUT2D eigenvalue weighted by Crippen LogP contribution is -2.51. The predicted molar refractivity (Wildman–Crippen MR) is 77.2 cm³/mol. The highest BCUT2D eigenvalue weighted by Gasteiger charge is 2.29. The number of nitrogens with one attached hydrogen (secondary N) is 2. The molecule has 0 saturated carbocycles. The van der Waals surface area contributed by atoms with Gasteiger partial charge in [-0.3, -0.25) is 9.59 Å². The first-order chi connectivity index (χ1) is 8.09. The van der Waals surface area contributed by atoms with Gasteiger partial charge in [-0.15, -0.1) is 0 Å². The summed E-state index contributed by atoms with van der Waals surface area (Å²) in [5.74, 6) is 0. The topological polar surface area (TPSA) is 84.2 Å². The molecule has 0 aromatic carbocycles. The largest absolute Gasteiger partial charge is 0.358 e. The van der Waals surface area contributed by atoms with Gasteiger partial charge in [0.25, 0.3) is 0 Å². The van der Waals surface area contributed by atoms with Crippen molar-refractivity contribution < 1.29 is 9.59 Å². The van der Waals surface area contributed by atoms with Crippen molar-refractivity contribution >= 4 is 20.0 Å². The van der Waals surface area contributed by atoms with Crippen LogP contribution in [0.4, 0.5) is 4.79 Å². The molecular weight excluding hydrogens is 249 g/mol. The van der Waals surface area contributed by atoms with E-state index in [2.05, 4.69) is 10.6 Å². The van der Waals surface area contributed by atoms with E-state index in [1.54, 1.807) is 0 Å². The first kappa shape index (κ1) is 17.3. The second kappa shape index (κ2) is 7.05. The molecule has 0 aromatic rings. The highest BCUT2D eigenvalue weighted by atomic mass is 31.1.